The summed E-state index contributed by atoms with van der Waals surface area (Å²) in [6, 6.07) is 3.87. The van der Waals surface area contributed by atoms with Gasteiger partial charge in [-0.2, -0.15) is 5.10 Å². The second-order valence-electron chi connectivity index (χ2n) is 6.17. The molecule has 0 aliphatic heterocycles. The minimum Gasteiger partial charge on any atom is -0.486 e. The highest BCUT2D eigenvalue weighted by Crippen LogP contribution is 2.27. The molecule has 7 heteroatoms. The zero-order valence-corrected chi connectivity index (χ0v) is 14.9. The lowest BCUT2D eigenvalue weighted by molar-refractivity contribution is 0.0522. The first-order valence-electron chi connectivity index (χ1n) is 7.56. The van der Waals surface area contributed by atoms with Gasteiger partial charge in [0.2, 0.25) is 0 Å². The average Bonchev–Trinajstić information content (AvgIpc) is 2.90. The van der Waals surface area contributed by atoms with Crippen molar-refractivity contribution in [2.75, 3.05) is 6.61 Å². The Morgan fingerprint density at radius 1 is 1.38 bits per heavy atom. The van der Waals surface area contributed by atoms with Crippen LogP contribution in [0.4, 0.5) is 4.39 Å². The predicted octanol–water partition coefficient (Wildman–Crippen LogP) is 4.19. The van der Waals surface area contributed by atoms with Crippen LogP contribution in [0, 0.1) is 5.82 Å². The first kappa shape index (κ1) is 18.3. The van der Waals surface area contributed by atoms with Crippen LogP contribution in [0.1, 0.15) is 43.7 Å². The molecule has 5 nitrogen and oxygen atoms in total. The summed E-state index contributed by atoms with van der Waals surface area (Å²) in [6.45, 7) is 7.94. The number of rotatable bonds is 5. The van der Waals surface area contributed by atoms with Gasteiger partial charge in [0.25, 0.3) is 0 Å². The lowest BCUT2D eigenvalue weighted by Gasteiger charge is -2.23. The fourth-order valence-corrected chi connectivity index (χ4v) is 2.43. The van der Waals surface area contributed by atoms with Gasteiger partial charge in [0.15, 0.2) is 0 Å². The largest absolute Gasteiger partial charge is 0.486 e. The molecule has 0 fully saturated rings. The normalized spacial score (nSPS) is 11.4. The molecule has 1 aromatic carbocycles. The number of carbonyl (C=O) groups is 1. The van der Waals surface area contributed by atoms with Crippen LogP contribution in [0.15, 0.2) is 24.4 Å². The topological polar surface area (TPSA) is 53.3 Å². The minimum absolute atomic E-state index is 0.0524. The summed E-state index contributed by atoms with van der Waals surface area (Å²) < 4.78 is 25.6. The molecule has 0 aliphatic rings. The molecule has 1 aromatic heterocycles. The third-order valence-corrected chi connectivity index (χ3v) is 3.55. The molecule has 0 aliphatic carbocycles. The van der Waals surface area contributed by atoms with Gasteiger partial charge >= 0.3 is 5.97 Å². The van der Waals surface area contributed by atoms with E-state index in [1.54, 1.807) is 11.6 Å². The van der Waals surface area contributed by atoms with Crippen molar-refractivity contribution in [3.63, 3.8) is 0 Å². The molecule has 0 N–H and O–H groups in total. The van der Waals surface area contributed by atoms with Crippen LogP contribution < -0.4 is 4.74 Å². The molecule has 0 unspecified atom stereocenters. The van der Waals surface area contributed by atoms with E-state index in [2.05, 4.69) is 5.10 Å². The summed E-state index contributed by atoms with van der Waals surface area (Å²) in [5.41, 5.74) is 0.557. The number of aromatic nitrogens is 2. The number of esters is 1. The van der Waals surface area contributed by atoms with Gasteiger partial charge in [-0.3, -0.25) is 4.68 Å². The van der Waals surface area contributed by atoms with Crippen molar-refractivity contribution in [3.05, 3.63) is 46.5 Å². The van der Waals surface area contributed by atoms with E-state index in [-0.39, 0.29) is 23.8 Å². The fourth-order valence-electron chi connectivity index (χ4n) is 2.21. The molecule has 0 spiro atoms. The fraction of sp³-hybridized carbons (Fsp3) is 0.412. The average molecular weight is 355 g/mol. The summed E-state index contributed by atoms with van der Waals surface area (Å²) in [4.78, 5) is 12.1. The van der Waals surface area contributed by atoms with Crippen LogP contribution in [0.25, 0.3) is 0 Å². The van der Waals surface area contributed by atoms with Crippen molar-refractivity contribution in [1.82, 2.24) is 9.78 Å². The monoisotopic (exact) mass is 354 g/mol. The van der Waals surface area contributed by atoms with E-state index in [1.165, 1.54) is 24.4 Å². The number of ether oxygens (including phenoxy) is 2. The highest BCUT2D eigenvalue weighted by Gasteiger charge is 2.25. The van der Waals surface area contributed by atoms with Crippen molar-refractivity contribution in [3.8, 4) is 5.75 Å². The maximum Gasteiger partial charge on any atom is 0.341 e. The van der Waals surface area contributed by atoms with Gasteiger partial charge in [-0.05, 0) is 45.9 Å². The standard InChI is InChI=1S/C17H20ClFN2O3/c1-5-23-16(22)12-9-20-21(17(2,3)4)14(12)10-24-15-7-6-11(19)8-13(15)18/h6-9H,5,10H2,1-4H3. The zero-order valence-electron chi connectivity index (χ0n) is 14.1. The molecule has 0 atom stereocenters. The van der Waals surface area contributed by atoms with Gasteiger partial charge < -0.3 is 9.47 Å². The molecule has 0 bridgehead atoms. The van der Waals surface area contributed by atoms with Gasteiger partial charge in [0.05, 0.1) is 29.1 Å². The molecule has 2 aromatic rings. The lowest BCUT2D eigenvalue weighted by atomic mass is 10.1. The van der Waals surface area contributed by atoms with Crippen molar-refractivity contribution in [2.45, 2.75) is 39.8 Å². The Labute approximate surface area is 145 Å². The lowest BCUT2D eigenvalue weighted by Crippen LogP contribution is -2.26. The molecule has 0 amide bonds. The SMILES string of the molecule is CCOC(=O)c1cnn(C(C)(C)C)c1COc1ccc(F)cc1Cl. The number of hydrogen-bond donors (Lipinski definition) is 0. The van der Waals surface area contributed by atoms with Crippen molar-refractivity contribution < 1.29 is 18.7 Å². The van der Waals surface area contributed by atoms with Gasteiger partial charge in [0, 0.05) is 0 Å². The number of benzene rings is 1. The quantitative estimate of drug-likeness (QED) is 0.755. The third-order valence-electron chi connectivity index (χ3n) is 3.26. The maximum atomic E-state index is 13.1. The smallest absolute Gasteiger partial charge is 0.341 e. The van der Waals surface area contributed by atoms with Crippen LogP contribution >= 0.6 is 11.6 Å². The second-order valence-corrected chi connectivity index (χ2v) is 6.58. The Kier molecular flexibility index (Phi) is 5.49. The van der Waals surface area contributed by atoms with Crippen LogP contribution in [0.2, 0.25) is 5.02 Å². The Morgan fingerprint density at radius 3 is 2.67 bits per heavy atom. The number of carbonyl (C=O) groups excluding carboxylic acids is 1. The maximum absolute atomic E-state index is 13.1. The molecule has 1 heterocycles. The number of hydrogen-bond acceptors (Lipinski definition) is 4. The highest BCUT2D eigenvalue weighted by atomic mass is 35.5. The summed E-state index contributed by atoms with van der Waals surface area (Å²) in [5, 5.41) is 4.44. The molecule has 24 heavy (non-hydrogen) atoms. The van der Waals surface area contributed by atoms with Crippen molar-refractivity contribution >= 4 is 17.6 Å². The molecule has 0 saturated carbocycles. The van der Waals surface area contributed by atoms with Gasteiger partial charge in [-0.15, -0.1) is 0 Å². The van der Waals surface area contributed by atoms with Gasteiger partial charge in [-0.1, -0.05) is 11.6 Å². The number of halogens is 2. The zero-order chi connectivity index (χ0) is 17.9. The van der Waals surface area contributed by atoms with Crippen LogP contribution in [-0.4, -0.2) is 22.4 Å². The van der Waals surface area contributed by atoms with Gasteiger partial charge in [-0.25, -0.2) is 9.18 Å². The van der Waals surface area contributed by atoms with Crippen molar-refractivity contribution in [1.29, 1.82) is 0 Å². The van der Waals surface area contributed by atoms with E-state index >= 15 is 0 Å². The molecule has 0 saturated heterocycles. The first-order chi connectivity index (χ1) is 11.2. The first-order valence-corrected chi connectivity index (χ1v) is 7.94. The Hall–Kier alpha value is -2.08. The van der Waals surface area contributed by atoms with Crippen LogP contribution in [-0.2, 0) is 16.9 Å². The van der Waals surface area contributed by atoms with Crippen LogP contribution in [0.3, 0.4) is 0 Å². The third kappa shape index (κ3) is 4.06. The summed E-state index contributed by atoms with van der Waals surface area (Å²) in [6.07, 6.45) is 1.47. The van der Waals surface area contributed by atoms with Crippen molar-refractivity contribution in [2.24, 2.45) is 0 Å². The Bertz CT molecular complexity index is 738. The van der Waals surface area contributed by atoms with E-state index < -0.39 is 11.8 Å². The Balaban J connectivity index is 2.32. The van der Waals surface area contributed by atoms with E-state index in [4.69, 9.17) is 21.1 Å². The molecule has 2 rings (SSSR count). The molecule has 130 valence electrons. The predicted molar refractivity (Wildman–Crippen MR) is 88.9 cm³/mol. The van der Waals surface area contributed by atoms with E-state index in [0.717, 1.165) is 0 Å². The van der Waals surface area contributed by atoms with E-state index in [1.807, 2.05) is 20.8 Å². The van der Waals surface area contributed by atoms with E-state index in [9.17, 15) is 9.18 Å². The van der Waals surface area contributed by atoms with E-state index in [0.29, 0.717) is 17.0 Å². The minimum atomic E-state index is -0.461. The van der Waals surface area contributed by atoms with Gasteiger partial charge in [0.1, 0.15) is 23.7 Å². The molecular formula is C17H20ClFN2O3. The van der Waals surface area contributed by atoms with Crippen LogP contribution in [0.5, 0.6) is 5.75 Å². The summed E-state index contributed by atoms with van der Waals surface area (Å²) >= 11 is 5.97. The number of nitrogens with zero attached hydrogens (tertiary/aromatic N) is 2. The summed E-state index contributed by atoms with van der Waals surface area (Å²) in [7, 11) is 0. The highest BCUT2D eigenvalue weighted by molar-refractivity contribution is 6.32. The molecule has 0 radical (unpaired) electrons. The second kappa shape index (κ2) is 7.21. The summed E-state index contributed by atoms with van der Waals surface area (Å²) in [5.74, 6) is -0.578. The Morgan fingerprint density at radius 2 is 2.08 bits per heavy atom. The molecular weight excluding hydrogens is 335 g/mol.